The monoisotopic (exact) mass is 293 g/mol. The van der Waals surface area contributed by atoms with Crippen LogP contribution in [-0.4, -0.2) is 25.3 Å². The molecule has 0 aliphatic carbocycles. The van der Waals surface area contributed by atoms with Crippen LogP contribution in [0.5, 0.6) is 0 Å². The maximum absolute atomic E-state index is 2.92. The van der Waals surface area contributed by atoms with Gasteiger partial charge in [0.15, 0.2) is 0 Å². The van der Waals surface area contributed by atoms with Crippen molar-refractivity contribution in [2.75, 3.05) is 4.23 Å². The van der Waals surface area contributed by atoms with Crippen LogP contribution in [0.3, 0.4) is 0 Å². The van der Waals surface area contributed by atoms with Crippen LogP contribution in [0.15, 0.2) is 24.3 Å². The van der Waals surface area contributed by atoms with Gasteiger partial charge in [-0.15, -0.1) is 0 Å². The smallest absolute Gasteiger partial charge is 0.141 e. The van der Waals surface area contributed by atoms with Crippen LogP contribution in [0.1, 0.15) is 0 Å². The molecule has 1 nitrogen and oxygen atoms in total. The lowest BCUT2D eigenvalue weighted by atomic mass is 10.3. The Balaban J connectivity index is 2.43. The van der Waals surface area contributed by atoms with Crippen LogP contribution < -0.4 is 9.42 Å². The van der Waals surface area contributed by atoms with E-state index in [2.05, 4.69) is 67.8 Å². The molecule has 18 heavy (non-hydrogen) atoms. The van der Waals surface area contributed by atoms with E-state index in [1.54, 1.807) is 10.9 Å². The van der Waals surface area contributed by atoms with E-state index in [0.29, 0.717) is 0 Å². The molecule has 1 aromatic rings. The largest absolute Gasteiger partial charge is 0.424 e. The molecule has 0 bridgehead atoms. The SMILES string of the molecule is C[SiH](C)c1cccc(N2[Si](C)(C)CC[Si]2(C)C)c1. The van der Waals surface area contributed by atoms with Crippen LogP contribution in [0.2, 0.25) is 51.4 Å². The van der Waals surface area contributed by atoms with Gasteiger partial charge >= 0.3 is 0 Å². The molecule has 1 aliphatic rings. The van der Waals surface area contributed by atoms with Gasteiger partial charge in [0.2, 0.25) is 0 Å². The van der Waals surface area contributed by atoms with Crippen LogP contribution in [-0.2, 0) is 0 Å². The lowest BCUT2D eigenvalue weighted by molar-refractivity contribution is 1.35. The molecule has 2 rings (SSSR count). The van der Waals surface area contributed by atoms with E-state index in [0.717, 1.165) is 0 Å². The average Bonchev–Trinajstić information content (AvgIpc) is 2.48. The number of hydrogen-bond acceptors (Lipinski definition) is 1. The Hall–Kier alpha value is -0.329. The Morgan fingerprint density at radius 3 is 2.06 bits per heavy atom. The molecule has 0 unspecified atom stereocenters. The molecule has 0 aromatic heterocycles. The van der Waals surface area contributed by atoms with E-state index in [-0.39, 0.29) is 0 Å². The van der Waals surface area contributed by atoms with Crippen molar-refractivity contribution in [2.24, 2.45) is 0 Å². The fourth-order valence-electron chi connectivity index (χ4n) is 3.38. The van der Waals surface area contributed by atoms with Crippen molar-refractivity contribution in [3.05, 3.63) is 24.3 Å². The molecule has 0 spiro atoms. The minimum absolute atomic E-state index is 0.682. The number of nitrogens with zero attached hydrogens (tertiary/aromatic N) is 1. The van der Waals surface area contributed by atoms with E-state index >= 15 is 0 Å². The van der Waals surface area contributed by atoms with E-state index < -0.39 is 25.3 Å². The predicted octanol–water partition coefficient (Wildman–Crippen LogP) is 3.61. The van der Waals surface area contributed by atoms with Crippen molar-refractivity contribution in [2.45, 2.75) is 51.4 Å². The molecule has 0 amide bonds. The molecular weight excluding hydrogens is 266 g/mol. The minimum atomic E-state index is -1.19. The first-order valence-electron chi connectivity index (χ1n) is 7.14. The van der Waals surface area contributed by atoms with Crippen molar-refractivity contribution < 1.29 is 0 Å². The molecule has 0 radical (unpaired) electrons. The number of anilines is 1. The van der Waals surface area contributed by atoms with Gasteiger partial charge in [-0.2, -0.15) is 0 Å². The summed E-state index contributed by atoms with van der Waals surface area (Å²) in [5.41, 5.74) is 1.54. The van der Waals surface area contributed by atoms with Crippen molar-refractivity contribution in [1.82, 2.24) is 0 Å². The lowest BCUT2D eigenvalue weighted by Gasteiger charge is -2.41. The van der Waals surface area contributed by atoms with Gasteiger partial charge in [-0.1, -0.05) is 56.6 Å². The van der Waals surface area contributed by atoms with Crippen molar-refractivity contribution in [1.29, 1.82) is 0 Å². The summed E-state index contributed by atoms with van der Waals surface area (Å²) in [6.07, 6.45) is 0. The summed E-state index contributed by atoms with van der Waals surface area (Å²) in [6, 6.07) is 12.4. The quantitative estimate of drug-likeness (QED) is 0.753. The molecule has 1 saturated heterocycles. The van der Waals surface area contributed by atoms with Crippen molar-refractivity contribution in [3.63, 3.8) is 0 Å². The molecule has 100 valence electrons. The fourth-order valence-corrected chi connectivity index (χ4v) is 18.6. The van der Waals surface area contributed by atoms with Gasteiger partial charge in [0, 0.05) is 5.69 Å². The molecule has 0 N–H and O–H groups in total. The highest BCUT2D eigenvalue weighted by atomic mass is 28.4. The Bertz CT molecular complexity index is 424. The topological polar surface area (TPSA) is 3.24 Å². The first-order valence-corrected chi connectivity index (χ1v) is 16.3. The average molecular weight is 294 g/mol. The van der Waals surface area contributed by atoms with E-state index in [1.807, 2.05) is 0 Å². The molecule has 0 atom stereocenters. The second-order valence-electron chi connectivity index (χ2n) is 7.21. The van der Waals surface area contributed by atoms with Gasteiger partial charge < -0.3 is 4.23 Å². The first-order chi connectivity index (χ1) is 8.24. The summed E-state index contributed by atoms with van der Waals surface area (Å²) in [7, 11) is -3.07. The normalized spacial score (nSPS) is 21.6. The Labute approximate surface area is 116 Å². The third-order valence-corrected chi connectivity index (χ3v) is 16.1. The van der Waals surface area contributed by atoms with E-state index in [4.69, 9.17) is 0 Å². The zero-order chi connectivity index (χ0) is 13.6. The molecule has 1 aromatic carbocycles. The predicted molar refractivity (Wildman–Crippen MR) is 92.0 cm³/mol. The summed E-state index contributed by atoms with van der Waals surface area (Å²) >= 11 is 0. The lowest BCUT2D eigenvalue weighted by Crippen LogP contribution is -2.55. The number of hydrogen-bond donors (Lipinski definition) is 0. The molecule has 0 saturated carbocycles. The van der Waals surface area contributed by atoms with Crippen molar-refractivity contribution >= 4 is 36.1 Å². The number of benzene rings is 1. The van der Waals surface area contributed by atoms with Gasteiger partial charge in [0.05, 0.1) is 8.80 Å². The Morgan fingerprint density at radius 1 is 1.00 bits per heavy atom. The highest BCUT2D eigenvalue weighted by Crippen LogP contribution is 2.40. The van der Waals surface area contributed by atoms with Gasteiger partial charge in [-0.05, 0) is 24.2 Å². The fraction of sp³-hybridized carbons (Fsp3) is 0.571. The van der Waals surface area contributed by atoms with Crippen LogP contribution in [0, 0.1) is 0 Å². The van der Waals surface area contributed by atoms with Gasteiger partial charge in [-0.3, -0.25) is 0 Å². The highest BCUT2D eigenvalue weighted by molar-refractivity contribution is 7.04. The third-order valence-electron chi connectivity index (χ3n) is 4.35. The first kappa shape index (κ1) is 14.1. The highest BCUT2D eigenvalue weighted by Gasteiger charge is 2.47. The zero-order valence-corrected chi connectivity index (χ0v) is 15.9. The standard InChI is InChI=1S/C14H27NSi3/c1-16(2)14-9-7-8-13(12-14)15-17(3,4)10-11-18(15,5)6/h7-9,12,16H,10-11H2,1-6H3. The van der Waals surface area contributed by atoms with Gasteiger partial charge in [0.25, 0.3) is 0 Å². The molecule has 1 fully saturated rings. The molecular formula is C14H27NSi3. The Morgan fingerprint density at radius 2 is 1.56 bits per heavy atom. The van der Waals surface area contributed by atoms with E-state index in [1.165, 1.54) is 12.1 Å². The van der Waals surface area contributed by atoms with Crippen molar-refractivity contribution in [3.8, 4) is 0 Å². The summed E-state index contributed by atoms with van der Waals surface area (Å²) < 4.78 is 2.92. The Kier molecular flexibility index (Phi) is 3.64. The summed E-state index contributed by atoms with van der Waals surface area (Å²) in [5.74, 6) is 0. The summed E-state index contributed by atoms with van der Waals surface area (Å²) in [5, 5.41) is 1.62. The third kappa shape index (κ3) is 2.51. The zero-order valence-electron chi connectivity index (χ0n) is 12.7. The van der Waals surface area contributed by atoms with Gasteiger partial charge in [-0.25, -0.2) is 0 Å². The summed E-state index contributed by atoms with van der Waals surface area (Å²) in [6.45, 7) is 15.0. The molecule has 4 heteroatoms. The minimum Gasteiger partial charge on any atom is -0.424 e. The van der Waals surface area contributed by atoms with Crippen LogP contribution in [0.25, 0.3) is 0 Å². The maximum Gasteiger partial charge on any atom is 0.141 e. The second-order valence-corrected chi connectivity index (χ2v) is 19.8. The van der Waals surface area contributed by atoms with Gasteiger partial charge in [0.1, 0.15) is 16.5 Å². The second kappa shape index (κ2) is 4.65. The van der Waals surface area contributed by atoms with Crippen LogP contribution >= 0.6 is 0 Å². The van der Waals surface area contributed by atoms with E-state index in [9.17, 15) is 0 Å². The maximum atomic E-state index is 2.92. The number of rotatable bonds is 2. The molecule has 1 aliphatic heterocycles. The molecule has 1 heterocycles. The summed E-state index contributed by atoms with van der Waals surface area (Å²) in [4.78, 5) is 0. The van der Waals surface area contributed by atoms with Crippen LogP contribution in [0.4, 0.5) is 5.69 Å².